The van der Waals surface area contributed by atoms with Gasteiger partial charge in [-0.3, -0.25) is 9.59 Å². The van der Waals surface area contributed by atoms with Crippen molar-refractivity contribution in [2.75, 3.05) is 19.6 Å². The van der Waals surface area contributed by atoms with Gasteiger partial charge in [-0.2, -0.15) is 0 Å². The summed E-state index contributed by atoms with van der Waals surface area (Å²) in [6.07, 6.45) is 2.38. The van der Waals surface area contributed by atoms with E-state index in [-0.39, 0.29) is 17.7 Å². The first kappa shape index (κ1) is 19.9. The predicted molar refractivity (Wildman–Crippen MR) is 109 cm³/mol. The van der Waals surface area contributed by atoms with Crippen molar-refractivity contribution in [3.05, 3.63) is 65.7 Å². The van der Waals surface area contributed by atoms with Crippen molar-refractivity contribution in [3.8, 4) is 5.75 Å². The van der Waals surface area contributed by atoms with Crippen molar-refractivity contribution in [2.45, 2.75) is 32.8 Å². The highest BCUT2D eigenvalue weighted by Crippen LogP contribution is 2.21. The van der Waals surface area contributed by atoms with Crippen LogP contribution in [0.1, 0.15) is 42.1 Å². The maximum Gasteiger partial charge on any atom is 0.253 e. The number of benzene rings is 2. The molecule has 0 saturated carbocycles. The maximum absolute atomic E-state index is 12.7. The Bertz CT molecular complexity index is 766. The number of hydrogen-bond donors (Lipinski definition) is 1. The topological polar surface area (TPSA) is 58.6 Å². The fourth-order valence-corrected chi connectivity index (χ4v) is 3.35. The highest BCUT2D eigenvalue weighted by molar-refractivity contribution is 5.94. The van der Waals surface area contributed by atoms with Crippen LogP contribution in [0.15, 0.2) is 54.6 Å². The van der Waals surface area contributed by atoms with Crippen molar-refractivity contribution in [1.29, 1.82) is 0 Å². The molecule has 2 amide bonds. The molecule has 28 heavy (non-hydrogen) atoms. The summed E-state index contributed by atoms with van der Waals surface area (Å²) in [5.41, 5.74) is 1.76. The van der Waals surface area contributed by atoms with Crippen LogP contribution in [-0.4, -0.2) is 36.3 Å². The SMILES string of the molecule is CCCNC(=O)C1CCN(C(=O)c2ccc(OCc3ccccc3)cc2)CC1. The molecule has 2 aromatic carbocycles. The Hall–Kier alpha value is -2.82. The van der Waals surface area contributed by atoms with Crippen molar-refractivity contribution in [3.63, 3.8) is 0 Å². The summed E-state index contributed by atoms with van der Waals surface area (Å²) in [5.74, 6) is 0.895. The van der Waals surface area contributed by atoms with Gasteiger partial charge in [-0.15, -0.1) is 0 Å². The Morgan fingerprint density at radius 1 is 1.04 bits per heavy atom. The molecule has 1 aliphatic heterocycles. The van der Waals surface area contributed by atoms with Gasteiger partial charge in [0.2, 0.25) is 5.91 Å². The molecule has 0 bridgehead atoms. The lowest BCUT2D eigenvalue weighted by molar-refractivity contribution is -0.126. The van der Waals surface area contributed by atoms with Crippen LogP contribution >= 0.6 is 0 Å². The van der Waals surface area contributed by atoms with Gasteiger partial charge in [0.15, 0.2) is 0 Å². The van der Waals surface area contributed by atoms with E-state index in [1.165, 1.54) is 0 Å². The Balaban J connectivity index is 1.49. The molecule has 3 rings (SSSR count). The molecular formula is C23H28N2O3. The van der Waals surface area contributed by atoms with E-state index >= 15 is 0 Å². The second-order valence-electron chi connectivity index (χ2n) is 7.16. The summed E-state index contributed by atoms with van der Waals surface area (Å²) in [7, 11) is 0. The average Bonchev–Trinajstić information content (AvgIpc) is 2.76. The number of nitrogens with one attached hydrogen (secondary N) is 1. The second-order valence-corrected chi connectivity index (χ2v) is 7.16. The lowest BCUT2D eigenvalue weighted by Gasteiger charge is -2.31. The number of rotatable bonds is 7. The molecule has 0 unspecified atom stereocenters. The molecule has 0 atom stereocenters. The van der Waals surface area contributed by atoms with E-state index < -0.39 is 0 Å². The molecule has 0 spiro atoms. The summed E-state index contributed by atoms with van der Waals surface area (Å²) in [5, 5.41) is 2.95. The van der Waals surface area contributed by atoms with Gasteiger partial charge in [0.25, 0.3) is 5.91 Å². The second kappa shape index (κ2) is 9.93. The number of piperidine rings is 1. The lowest BCUT2D eigenvalue weighted by Crippen LogP contribution is -2.43. The van der Waals surface area contributed by atoms with Gasteiger partial charge in [0.05, 0.1) is 0 Å². The van der Waals surface area contributed by atoms with E-state index in [2.05, 4.69) is 5.32 Å². The van der Waals surface area contributed by atoms with Crippen LogP contribution in [0.5, 0.6) is 5.75 Å². The molecule has 1 saturated heterocycles. The zero-order chi connectivity index (χ0) is 19.8. The van der Waals surface area contributed by atoms with E-state index in [1.807, 2.05) is 66.4 Å². The van der Waals surface area contributed by atoms with Crippen molar-refractivity contribution < 1.29 is 14.3 Å². The monoisotopic (exact) mass is 380 g/mol. The number of carbonyl (C=O) groups is 2. The van der Waals surface area contributed by atoms with Crippen molar-refractivity contribution >= 4 is 11.8 Å². The fourth-order valence-electron chi connectivity index (χ4n) is 3.35. The van der Waals surface area contributed by atoms with E-state index in [0.717, 1.165) is 37.1 Å². The first-order valence-corrected chi connectivity index (χ1v) is 10.0. The van der Waals surface area contributed by atoms with Crippen LogP contribution in [0, 0.1) is 5.92 Å². The van der Waals surface area contributed by atoms with Gasteiger partial charge in [0, 0.05) is 31.1 Å². The molecule has 0 aromatic heterocycles. The van der Waals surface area contributed by atoms with Gasteiger partial charge < -0.3 is 15.0 Å². The van der Waals surface area contributed by atoms with E-state index in [9.17, 15) is 9.59 Å². The number of nitrogens with zero attached hydrogens (tertiary/aromatic N) is 1. The van der Waals surface area contributed by atoms with Crippen LogP contribution in [0.25, 0.3) is 0 Å². The smallest absolute Gasteiger partial charge is 0.253 e. The van der Waals surface area contributed by atoms with Crippen LogP contribution in [0.2, 0.25) is 0 Å². The molecule has 1 heterocycles. The van der Waals surface area contributed by atoms with Crippen LogP contribution < -0.4 is 10.1 Å². The zero-order valence-electron chi connectivity index (χ0n) is 16.4. The molecule has 2 aromatic rings. The summed E-state index contributed by atoms with van der Waals surface area (Å²) in [6, 6.07) is 17.3. The minimum Gasteiger partial charge on any atom is -0.489 e. The molecule has 5 heteroatoms. The zero-order valence-corrected chi connectivity index (χ0v) is 16.4. The summed E-state index contributed by atoms with van der Waals surface area (Å²) in [6.45, 7) is 4.50. The number of hydrogen-bond acceptors (Lipinski definition) is 3. The largest absolute Gasteiger partial charge is 0.489 e. The molecule has 1 N–H and O–H groups in total. The normalized spacial score (nSPS) is 14.5. The minimum absolute atomic E-state index is 0.0158. The molecule has 1 aliphatic rings. The third-order valence-corrected chi connectivity index (χ3v) is 5.05. The van der Waals surface area contributed by atoms with Gasteiger partial charge in [0.1, 0.15) is 12.4 Å². The average molecular weight is 380 g/mol. The maximum atomic E-state index is 12.7. The third-order valence-electron chi connectivity index (χ3n) is 5.05. The first-order valence-electron chi connectivity index (χ1n) is 10.0. The Morgan fingerprint density at radius 2 is 1.71 bits per heavy atom. The number of likely N-dealkylation sites (tertiary alicyclic amines) is 1. The number of carbonyl (C=O) groups excluding carboxylic acids is 2. The van der Waals surface area contributed by atoms with Gasteiger partial charge >= 0.3 is 0 Å². The fraction of sp³-hybridized carbons (Fsp3) is 0.391. The highest BCUT2D eigenvalue weighted by atomic mass is 16.5. The summed E-state index contributed by atoms with van der Waals surface area (Å²) >= 11 is 0. The van der Waals surface area contributed by atoms with Gasteiger partial charge in [-0.05, 0) is 49.1 Å². The molecule has 148 valence electrons. The third kappa shape index (κ3) is 5.35. The van der Waals surface area contributed by atoms with Crippen LogP contribution in [0.3, 0.4) is 0 Å². The molecule has 0 radical (unpaired) electrons. The Kier molecular flexibility index (Phi) is 7.06. The van der Waals surface area contributed by atoms with Crippen LogP contribution in [-0.2, 0) is 11.4 Å². The summed E-state index contributed by atoms with van der Waals surface area (Å²) in [4.78, 5) is 26.6. The van der Waals surface area contributed by atoms with Crippen LogP contribution in [0.4, 0.5) is 0 Å². The predicted octanol–water partition coefficient (Wildman–Crippen LogP) is 3.64. The van der Waals surface area contributed by atoms with E-state index in [4.69, 9.17) is 4.74 Å². The van der Waals surface area contributed by atoms with E-state index in [1.54, 1.807) is 0 Å². The van der Waals surface area contributed by atoms with Crippen molar-refractivity contribution in [1.82, 2.24) is 10.2 Å². The Morgan fingerprint density at radius 3 is 2.36 bits per heavy atom. The quantitative estimate of drug-likeness (QED) is 0.798. The van der Waals surface area contributed by atoms with Crippen molar-refractivity contribution in [2.24, 2.45) is 5.92 Å². The van der Waals surface area contributed by atoms with E-state index in [0.29, 0.717) is 25.3 Å². The first-order chi connectivity index (χ1) is 13.7. The van der Waals surface area contributed by atoms with Gasteiger partial charge in [-0.25, -0.2) is 0 Å². The summed E-state index contributed by atoms with van der Waals surface area (Å²) < 4.78 is 5.78. The molecule has 0 aliphatic carbocycles. The standard InChI is InChI=1S/C23H28N2O3/c1-2-14-24-22(26)19-12-15-25(16-13-19)23(27)20-8-10-21(11-9-20)28-17-18-6-4-3-5-7-18/h3-11,19H,2,12-17H2,1H3,(H,24,26). The molecule has 5 nitrogen and oxygen atoms in total. The molecule has 1 fully saturated rings. The Labute approximate surface area is 166 Å². The highest BCUT2D eigenvalue weighted by Gasteiger charge is 2.27. The number of amides is 2. The van der Waals surface area contributed by atoms with Gasteiger partial charge in [-0.1, -0.05) is 37.3 Å². The minimum atomic E-state index is 0.0158. The molecular weight excluding hydrogens is 352 g/mol. The number of ether oxygens (including phenoxy) is 1. The lowest BCUT2D eigenvalue weighted by atomic mass is 9.95.